The van der Waals surface area contributed by atoms with E-state index in [1.807, 2.05) is 99.6 Å². The molecule has 9 nitrogen and oxygen atoms in total. The van der Waals surface area contributed by atoms with Gasteiger partial charge in [0.2, 0.25) is 15.9 Å². The highest BCUT2D eigenvalue weighted by atomic mass is 32.2. The first-order valence-electron chi connectivity index (χ1n) is 16.2. The molecule has 4 aromatic rings. The van der Waals surface area contributed by atoms with Crippen LogP contribution in [0.3, 0.4) is 0 Å². The van der Waals surface area contributed by atoms with Crippen LogP contribution in [-0.2, 0) is 39.1 Å². The fraction of sp³-hybridized carbons (Fsp3) is 0.316. The maximum atomic E-state index is 12.3. The fourth-order valence-corrected chi connectivity index (χ4v) is 6.05. The second-order valence-corrected chi connectivity index (χ2v) is 13.9. The second-order valence-electron chi connectivity index (χ2n) is 12.2. The van der Waals surface area contributed by atoms with Crippen molar-refractivity contribution in [2.45, 2.75) is 65.6 Å². The van der Waals surface area contributed by atoms with Crippen LogP contribution >= 0.6 is 0 Å². The maximum Gasteiger partial charge on any atom is 0.326 e. The van der Waals surface area contributed by atoms with Crippen molar-refractivity contribution in [3.05, 3.63) is 119 Å². The van der Waals surface area contributed by atoms with Gasteiger partial charge in [-0.15, -0.1) is 0 Å². The van der Waals surface area contributed by atoms with Crippen molar-refractivity contribution < 1.29 is 27.9 Å². The van der Waals surface area contributed by atoms with Crippen LogP contribution in [0.2, 0.25) is 0 Å². The average Bonchev–Trinajstić information content (AvgIpc) is 3.05. The Morgan fingerprint density at radius 2 is 1.42 bits per heavy atom. The number of aliphatic carboxylic acids is 1. The lowest BCUT2D eigenvalue weighted by atomic mass is 9.99. The molecule has 2 atom stereocenters. The van der Waals surface area contributed by atoms with Crippen molar-refractivity contribution in [3.63, 3.8) is 0 Å². The molecule has 0 saturated heterocycles. The summed E-state index contributed by atoms with van der Waals surface area (Å²) in [7, 11) is -3.42. The zero-order chi connectivity index (χ0) is 34.7. The van der Waals surface area contributed by atoms with Gasteiger partial charge in [0.1, 0.15) is 17.5 Å². The number of carboxylic acid groups (broad SMARTS) is 1. The lowest BCUT2D eigenvalue weighted by molar-refractivity contribution is -0.143. The molecule has 4 aromatic carbocycles. The van der Waals surface area contributed by atoms with Gasteiger partial charge in [0.05, 0.1) is 11.9 Å². The van der Waals surface area contributed by atoms with Gasteiger partial charge in [-0.05, 0) is 84.3 Å². The van der Waals surface area contributed by atoms with Crippen LogP contribution in [0, 0.1) is 12.8 Å². The van der Waals surface area contributed by atoms with Crippen molar-refractivity contribution in [3.8, 4) is 11.5 Å². The largest absolute Gasteiger partial charge is 0.480 e. The summed E-state index contributed by atoms with van der Waals surface area (Å²) in [5.74, 6) is 0.00264. The molecule has 0 heterocycles. The Balaban J connectivity index is 1.37. The van der Waals surface area contributed by atoms with E-state index in [-0.39, 0.29) is 18.2 Å². The van der Waals surface area contributed by atoms with Crippen LogP contribution in [0.4, 0.5) is 11.4 Å². The summed E-state index contributed by atoms with van der Waals surface area (Å²) in [6, 6.07) is 30.6. The van der Waals surface area contributed by atoms with Crippen LogP contribution in [-0.4, -0.2) is 37.7 Å². The number of hydrogen-bond acceptors (Lipinski definition) is 6. The van der Waals surface area contributed by atoms with Gasteiger partial charge in [-0.1, -0.05) is 80.9 Å². The number of nitrogens with one attached hydrogen (secondary N) is 2. The molecule has 0 saturated carbocycles. The fourth-order valence-electron chi connectivity index (χ4n) is 5.43. The third kappa shape index (κ3) is 10.9. The first-order valence-corrected chi connectivity index (χ1v) is 18.0. The highest BCUT2D eigenvalue weighted by molar-refractivity contribution is 7.92. The molecule has 0 aliphatic heterocycles. The lowest BCUT2D eigenvalue weighted by Gasteiger charge is -2.28. The number of benzene rings is 4. The van der Waals surface area contributed by atoms with Gasteiger partial charge in [-0.3, -0.25) is 9.52 Å². The van der Waals surface area contributed by atoms with Crippen LogP contribution in [0.1, 0.15) is 55.4 Å². The van der Waals surface area contributed by atoms with Crippen molar-refractivity contribution in [2.24, 2.45) is 5.92 Å². The predicted octanol–water partition coefficient (Wildman–Crippen LogP) is 7.30. The van der Waals surface area contributed by atoms with E-state index in [0.717, 1.165) is 34.2 Å². The number of carbonyl (C=O) groups is 2. The Hall–Kier alpha value is -4.83. The molecule has 0 aromatic heterocycles. The zero-order valence-corrected chi connectivity index (χ0v) is 28.8. The molecule has 0 aliphatic rings. The molecule has 0 bridgehead atoms. The van der Waals surface area contributed by atoms with Crippen molar-refractivity contribution in [2.75, 3.05) is 15.9 Å². The van der Waals surface area contributed by atoms with Gasteiger partial charge in [-0.25, -0.2) is 13.2 Å². The van der Waals surface area contributed by atoms with Crippen molar-refractivity contribution in [1.29, 1.82) is 0 Å². The number of rotatable bonds is 17. The number of amides is 1. The number of nitrogens with zero attached hydrogens (tertiary/aromatic N) is 1. The summed E-state index contributed by atoms with van der Waals surface area (Å²) in [4.78, 5) is 26.0. The highest BCUT2D eigenvalue weighted by Gasteiger charge is 2.25. The molecule has 3 N–H and O–H groups in total. The Kier molecular flexibility index (Phi) is 12.6. The van der Waals surface area contributed by atoms with Gasteiger partial charge >= 0.3 is 5.97 Å². The topological polar surface area (TPSA) is 125 Å². The number of anilines is 2. The molecule has 10 heteroatoms. The van der Waals surface area contributed by atoms with E-state index in [0.29, 0.717) is 49.5 Å². The number of carbonyl (C=O) groups excluding carboxylic acids is 1. The van der Waals surface area contributed by atoms with Gasteiger partial charge in [0.25, 0.3) is 0 Å². The number of aryl methyl sites for hydroxylation is 1. The zero-order valence-electron chi connectivity index (χ0n) is 28.0. The van der Waals surface area contributed by atoms with Crippen molar-refractivity contribution in [1.82, 2.24) is 5.32 Å². The highest BCUT2D eigenvalue weighted by Crippen LogP contribution is 2.31. The molecule has 254 valence electrons. The minimum Gasteiger partial charge on any atom is -0.480 e. The van der Waals surface area contributed by atoms with E-state index in [2.05, 4.69) is 27.1 Å². The first kappa shape index (κ1) is 36.0. The van der Waals surface area contributed by atoms with Gasteiger partial charge in [-0.2, -0.15) is 0 Å². The summed E-state index contributed by atoms with van der Waals surface area (Å²) in [6.45, 7) is 6.89. The first-order chi connectivity index (χ1) is 22.9. The monoisotopic (exact) mass is 671 g/mol. The quantitative estimate of drug-likeness (QED) is 0.108. The maximum absolute atomic E-state index is 12.3. The van der Waals surface area contributed by atoms with E-state index in [1.54, 1.807) is 6.07 Å². The van der Waals surface area contributed by atoms with Crippen LogP contribution in [0.15, 0.2) is 97.1 Å². The number of ether oxygens (including phenoxy) is 1. The molecule has 0 aliphatic carbocycles. The molecule has 4 rings (SSSR count). The molecule has 0 radical (unpaired) electrons. The molecule has 1 amide bonds. The molecule has 0 fully saturated rings. The summed E-state index contributed by atoms with van der Waals surface area (Å²) in [5, 5.41) is 12.1. The van der Waals surface area contributed by atoms with E-state index in [4.69, 9.17) is 4.74 Å². The number of hydrogen-bond donors (Lipinski definition) is 3. The molecule has 0 spiro atoms. The van der Waals surface area contributed by atoms with Crippen LogP contribution in [0.5, 0.6) is 11.5 Å². The van der Waals surface area contributed by atoms with Gasteiger partial charge in [0, 0.05) is 25.2 Å². The van der Waals surface area contributed by atoms with E-state index < -0.39 is 22.0 Å². The Bertz CT molecular complexity index is 1760. The summed E-state index contributed by atoms with van der Waals surface area (Å²) in [5.41, 5.74) is 5.60. The predicted molar refractivity (Wildman–Crippen MR) is 191 cm³/mol. The minimum absolute atomic E-state index is 0.135. The van der Waals surface area contributed by atoms with Gasteiger partial charge < -0.3 is 20.1 Å². The Morgan fingerprint density at radius 3 is 1.98 bits per heavy atom. The summed E-state index contributed by atoms with van der Waals surface area (Å²) < 4.78 is 32.7. The Morgan fingerprint density at radius 1 is 0.833 bits per heavy atom. The second kappa shape index (κ2) is 16.8. The molecular weight excluding hydrogens is 627 g/mol. The van der Waals surface area contributed by atoms with Crippen LogP contribution < -0.4 is 19.7 Å². The Labute approximate surface area is 284 Å². The third-order valence-electron chi connectivity index (χ3n) is 8.28. The lowest BCUT2D eigenvalue weighted by Crippen LogP contribution is -2.44. The van der Waals surface area contributed by atoms with E-state index in [1.165, 1.54) is 0 Å². The molecular formula is C38H45N3O6S. The molecule has 48 heavy (non-hydrogen) atoms. The van der Waals surface area contributed by atoms with E-state index >= 15 is 0 Å². The normalized spacial score (nSPS) is 12.5. The van der Waals surface area contributed by atoms with E-state index in [9.17, 15) is 23.1 Å². The number of sulfonamides is 1. The average molecular weight is 672 g/mol. The molecule has 0 unspecified atom stereocenters. The smallest absolute Gasteiger partial charge is 0.326 e. The standard InChI is InChI=1S/C38H45N3O6S/c1-5-27(2)37(38(43)44)39-36(42)16-9-13-29-17-21-32(22-18-29)47-33-23-19-31(20-24-33)26-41(25-30-11-7-6-8-12-30)35-15-10-14-34(28(35)3)40-48(4,45)46/h6-8,10-12,14-15,17-24,27,37,40H,5,9,13,16,25-26H2,1-4H3,(H,39,42)(H,43,44)/t27-,37-/m0/s1. The van der Waals surface area contributed by atoms with Gasteiger partial charge in [0.15, 0.2) is 0 Å². The SMILES string of the molecule is CC[C@H](C)[C@H](NC(=O)CCCc1ccc(Oc2ccc(CN(Cc3ccccc3)c3cccc(NS(C)(=O)=O)c3C)cc2)cc1)C(=O)O. The minimum atomic E-state index is -3.42. The van der Waals surface area contributed by atoms with Crippen LogP contribution in [0.25, 0.3) is 0 Å². The third-order valence-corrected chi connectivity index (χ3v) is 8.87. The summed E-state index contributed by atoms with van der Waals surface area (Å²) in [6.07, 6.45) is 3.38. The van der Waals surface area contributed by atoms with Crippen molar-refractivity contribution >= 4 is 33.3 Å². The summed E-state index contributed by atoms with van der Waals surface area (Å²) >= 11 is 0. The number of carboxylic acids is 1.